The summed E-state index contributed by atoms with van der Waals surface area (Å²) >= 11 is 1.37. The Bertz CT molecular complexity index is 993. The average Bonchev–Trinajstić information content (AvgIpc) is 3.11. The third-order valence-electron chi connectivity index (χ3n) is 4.33. The third-order valence-corrected chi connectivity index (χ3v) is 5.36. The van der Waals surface area contributed by atoms with Crippen molar-refractivity contribution in [3.8, 4) is 10.6 Å². The van der Waals surface area contributed by atoms with Gasteiger partial charge in [-0.1, -0.05) is 23.8 Å². The average molecular weight is 379 g/mol. The monoisotopic (exact) mass is 379 g/mol. The van der Waals surface area contributed by atoms with Crippen LogP contribution in [-0.4, -0.2) is 23.8 Å². The number of aryl methyl sites for hydroxylation is 2. The molecule has 0 radical (unpaired) electrons. The number of thiazole rings is 1. The minimum absolute atomic E-state index is 0.0459. The zero-order chi connectivity index (χ0) is 19.6. The number of hydrogen-bond acceptors (Lipinski definition) is 4. The standard InChI is InChI=1S/C21H21N3O2S/c1-13-5-10-18(14(2)11-13)21-22-12-19(27-21)20(26)23-16-6-8-17(9-7-16)24(4)15(3)25/h5-12H,1-4H3,(H,23,26). The molecule has 0 spiro atoms. The van der Waals surface area contributed by atoms with E-state index in [1.165, 1.54) is 23.8 Å². The minimum Gasteiger partial charge on any atom is -0.321 e. The molecule has 5 nitrogen and oxygen atoms in total. The molecular formula is C21H21N3O2S. The van der Waals surface area contributed by atoms with E-state index in [2.05, 4.69) is 23.3 Å². The number of hydrogen-bond donors (Lipinski definition) is 1. The van der Waals surface area contributed by atoms with Gasteiger partial charge in [-0.05, 0) is 43.7 Å². The Morgan fingerprint density at radius 2 is 1.78 bits per heavy atom. The molecule has 6 heteroatoms. The van der Waals surface area contributed by atoms with Crippen molar-refractivity contribution >= 4 is 34.5 Å². The first-order chi connectivity index (χ1) is 12.8. The predicted octanol–water partition coefficient (Wildman–Crippen LogP) is 4.66. The number of carbonyl (C=O) groups is 2. The lowest BCUT2D eigenvalue weighted by molar-refractivity contribution is -0.116. The first kappa shape index (κ1) is 18.8. The Labute approximate surface area is 162 Å². The summed E-state index contributed by atoms with van der Waals surface area (Å²) in [6.07, 6.45) is 1.60. The topological polar surface area (TPSA) is 62.3 Å². The second-order valence-corrected chi connectivity index (χ2v) is 7.46. The maximum absolute atomic E-state index is 12.5. The van der Waals surface area contributed by atoms with Gasteiger partial charge < -0.3 is 10.2 Å². The second kappa shape index (κ2) is 7.72. The summed E-state index contributed by atoms with van der Waals surface area (Å²) in [7, 11) is 1.71. The molecule has 3 aromatic rings. The van der Waals surface area contributed by atoms with Gasteiger partial charge in [-0.25, -0.2) is 4.98 Å². The Balaban J connectivity index is 1.74. The van der Waals surface area contributed by atoms with Gasteiger partial charge in [-0.3, -0.25) is 9.59 Å². The van der Waals surface area contributed by atoms with Crippen LogP contribution in [0.1, 0.15) is 27.7 Å². The van der Waals surface area contributed by atoms with Crippen LogP contribution in [0.25, 0.3) is 10.6 Å². The highest BCUT2D eigenvalue weighted by atomic mass is 32.1. The number of nitrogens with zero attached hydrogens (tertiary/aromatic N) is 2. The van der Waals surface area contributed by atoms with Crippen LogP contribution in [0, 0.1) is 13.8 Å². The lowest BCUT2D eigenvalue weighted by Gasteiger charge is -2.15. The van der Waals surface area contributed by atoms with Gasteiger partial charge in [0.15, 0.2) is 0 Å². The number of carbonyl (C=O) groups excluding carboxylic acids is 2. The van der Waals surface area contributed by atoms with E-state index in [4.69, 9.17) is 0 Å². The molecule has 0 atom stereocenters. The number of amides is 2. The molecule has 3 rings (SSSR count). The van der Waals surface area contributed by atoms with Crippen LogP contribution < -0.4 is 10.2 Å². The summed E-state index contributed by atoms with van der Waals surface area (Å²) in [4.78, 5) is 30.4. The van der Waals surface area contributed by atoms with Gasteiger partial charge in [0, 0.05) is 30.9 Å². The van der Waals surface area contributed by atoms with Gasteiger partial charge in [-0.15, -0.1) is 11.3 Å². The van der Waals surface area contributed by atoms with Crippen LogP contribution >= 0.6 is 11.3 Å². The van der Waals surface area contributed by atoms with Gasteiger partial charge >= 0.3 is 0 Å². The van der Waals surface area contributed by atoms with Gasteiger partial charge in [0.25, 0.3) is 5.91 Å². The lowest BCUT2D eigenvalue weighted by atomic mass is 10.1. The highest BCUT2D eigenvalue weighted by Gasteiger charge is 2.14. The molecule has 0 bridgehead atoms. The molecule has 0 saturated carbocycles. The molecule has 1 aromatic heterocycles. The van der Waals surface area contributed by atoms with E-state index in [0.717, 1.165) is 21.8 Å². The van der Waals surface area contributed by atoms with Crippen molar-refractivity contribution in [2.75, 3.05) is 17.3 Å². The molecule has 0 saturated heterocycles. The van der Waals surface area contributed by atoms with Crippen LogP contribution in [0.15, 0.2) is 48.7 Å². The molecular weight excluding hydrogens is 358 g/mol. The van der Waals surface area contributed by atoms with Crippen molar-refractivity contribution < 1.29 is 9.59 Å². The predicted molar refractivity (Wildman–Crippen MR) is 111 cm³/mol. The third kappa shape index (κ3) is 4.23. The molecule has 2 aromatic carbocycles. The first-order valence-electron chi connectivity index (χ1n) is 8.54. The Hall–Kier alpha value is -2.99. The van der Waals surface area contributed by atoms with E-state index in [-0.39, 0.29) is 11.8 Å². The summed E-state index contributed by atoms with van der Waals surface area (Å²) in [6, 6.07) is 13.3. The SMILES string of the molecule is CC(=O)N(C)c1ccc(NC(=O)c2cnc(-c3ccc(C)cc3C)s2)cc1. The van der Waals surface area contributed by atoms with E-state index in [1.807, 2.05) is 19.1 Å². The van der Waals surface area contributed by atoms with E-state index >= 15 is 0 Å². The van der Waals surface area contributed by atoms with Crippen molar-refractivity contribution in [2.24, 2.45) is 0 Å². The quantitative estimate of drug-likeness (QED) is 0.717. The maximum Gasteiger partial charge on any atom is 0.267 e. The molecule has 0 fully saturated rings. The van der Waals surface area contributed by atoms with Gasteiger partial charge in [0.2, 0.25) is 5.91 Å². The molecule has 0 unspecified atom stereocenters. The highest BCUT2D eigenvalue weighted by Crippen LogP contribution is 2.29. The zero-order valence-electron chi connectivity index (χ0n) is 15.7. The van der Waals surface area contributed by atoms with Crippen molar-refractivity contribution in [3.05, 3.63) is 64.7 Å². The van der Waals surface area contributed by atoms with Crippen LogP contribution in [-0.2, 0) is 4.79 Å². The van der Waals surface area contributed by atoms with Gasteiger partial charge in [-0.2, -0.15) is 0 Å². The van der Waals surface area contributed by atoms with Crippen LogP contribution in [0.5, 0.6) is 0 Å². The van der Waals surface area contributed by atoms with Crippen LogP contribution in [0.4, 0.5) is 11.4 Å². The largest absolute Gasteiger partial charge is 0.321 e. The van der Waals surface area contributed by atoms with E-state index < -0.39 is 0 Å². The minimum atomic E-state index is -0.198. The van der Waals surface area contributed by atoms with E-state index in [1.54, 1.807) is 42.4 Å². The Morgan fingerprint density at radius 3 is 2.41 bits per heavy atom. The molecule has 0 aliphatic carbocycles. The van der Waals surface area contributed by atoms with Crippen molar-refractivity contribution in [2.45, 2.75) is 20.8 Å². The van der Waals surface area contributed by atoms with Crippen LogP contribution in [0.3, 0.4) is 0 Å². The molecule has 1 heterocycles. The molecule has 138 valence electrons. The summed E-state index contributed by atoms with van der Waals surface area (Å²) < 4.78 is 0. The van der Waals surface area contributed by atoms with Crippen molar-refractivity contribution in [1.29, 1.82) is 0 Å². The van der Waals surface area contributed by atoms with E-state index in [9.17, 15) is 9.59 Å². The summed E-state index contributed by atoms with van der Waals surface area (Å²) in [5, 5.41) is 3.70. The molecule has 2 amide bonds. The summed E-state index contributed by atoms with van der Waals surface area (Å²) in [5.74, 6) is -0.244. The fraction of sp³-hybridized carbons (Fsp3) is 0.190. The summed E-state index contributed by atoms with van der Waals surface area (Å²) in [6.45, 7) is 5.60. The van der Waals surface area contributed by atoms with Crippen molar-refractivity contribution in [3.63, 3.8) is 0 Å². The maximum atomic E-state index is 12.5. The number of benzene rings is 2. The number of nitrogens with one attached hydrogen (secondary N) is 1. The van der Waals surface area contributed by atoms with Gasteiger partial charge in [0.1, 0.15) is 9.88 Å². The fourth-order valence-corrected chi connectivity index (χ4v) is 3.60. The van der Waals surface area contributed by atoms with E-state index in [0.29, 0.717) is 10.6 Å². The summed E-state index contributed by atoms with van der Waals surface area (Å²) in [5.41, 5.74) is 4.82. The molecule has 0 aliphatic heterocycles. The Kier molecular flexibility index (Phi) is 5.37. The normalized spacial score (nSPS) is 10.5. The van der Waals surface area contributed by atoms with Gasteiger partial charge in [0.05, 0.1) is 6.20 Å². The lowest BCUT2D eigenvalue weighted by Crippen LogP contribution is -2.22. The molecule has 27 heavy (non-hydrogen) atoms. The van der Waals surface area contributed by atoms with Crippen molar-refractivity contribution in [1.82, 2.24) is 4.98 Å². The Morgan fingerprint density at radius 1 is 1.07 bits per heavy atom. The molecule has 0 aliphatic rings. The molecule has 1 N–H and O–H groups in total. The number of rotatable bonds is 4. The zero-order valence-corrected chi connectivity index (χ0v) is 16.6. The van der Waals surface area contributed by atoms with Crippen LogP contribution in [0.2, 0.25) is 0 Å². The first-order valence-corrected chi connectivity index (χ1v) is 9.36. The number of anilines is 2. The highest BCUT2D eigenvalue weighted by molar-refractivity contribution is 7.17. The number of aromatic nitrogens is 1. The second-order valence-electron chi connectivity index (χ2n) is 6.43. The smallest absolute Gasteiger partial charge is 0.267 e. The fourth-order valence-electron chi connectivity index (χ4n) is 2.70.